The lowest BCUT2D eigenvalue weighted by Crippen LogP contribution is -2.58. The predicted octanol–water partition coefficient (Wildman–Crippen LogP) is 12.3. The van der Waals surface area contributed by atoms with Gasteiger partial charge in [-0.1, -0.05) is 83.5 Å². The summed E-state index contributed by atoms with van der Waals surface area (Å²) in [7, 11) is 0. The summed E-state index contributed by atoms with van der Waals surface area (Å²) in [5.74, 6) is 9.52. The Balaban J connectivity index is 0.838. The van der Waals surface area contributed by atoms with Crippen molar-refractivity contribution in [1.29, 1.82) is 0 Å². The molecule has 3 nitrogen and oxygen atoms in total. The predicted molar refractivity (Wildman–Crippen MR) is 209 cm³/mol. The summed E-state index contributed by atoms with van der Waals surface area (Å²) in [6.45, 7) is 0. The second-order valence-corrected chi connectivity index (χ2v) is 21.3. The van der Waals surface area contributed by atoms with Crippen LogP contribution in [0.25, 0.3) is 0 Å². The Bertz CT molecular complexity index is 1100. The number of hydrogen-bond donors (Lipinski definition) is 0. The van der Waals surface area contributed by atoms with E-state index in [1.165, 1.54) is 148 Å². The van der Waals surface area contributed by atoms with Crippen molar-refractivity contribution in [2.24, 2.45) is 59.2 Å². The van der Waals surface area contributed by atoms with Gasteiger partial charge >= 0.3 is 0 Å². The molecule has 0 spiro atoms. The molecule has 2 heterocycles. The minimum Gasteiger partial charge on any atom is -0.374 e. The minimum absolute atomic E-state index is 0.510. The van der Waals surface area contributed by atoms with Gasteiger partial charge in [-0.2, -0.15) is 0 Å². The van der Waals surface area contributed by atoms with Gasteiger partial charge in [0.25, 0.3) is 0 Å². The molecule has 10 aliphatic rings. The van der Waals surface area contributed by atoms with Crippen LogP contribution in [0.4, 0.5) is 0 Å². The molecule has 10 rings (SSSR count). The Kier molecular flexibility index (Phi) is 10.9. The van der Waals surface area contributed by atoms with Gasteiger partial charge in [-0.3, -0.25) is 4.90 Å². The monoisotopic (exact) mass is 702 g/mol. The Morgan fingerprint density at radius 1 is 0.294 bits per heavy atom. The van der Waals surface area contributed by atoms with Gasteiger partial charge in [0.1, 0.15) is 0 Å². The highest BCUT2D eigenvalue weighted by molar-refractivity contribution is 5.09. The van der Waals surface area contributed by atoms with E-state index in [-0.39, 0.29) is 0 Å². The van der Waals surface area contributed by atoms with E-state index in [9.17, 15) is 0 Å². The van der Waals surface area contributed by atoms with Crippen LogP contribution in [0.15, 0.2) is 0 Å². The molecule has 0 bridgehead atoms. The molecule has 8 aliphatic carbocycles. The largest absolute Gasteiger partial charge is 0.374 e. The Morgan fingerprint density at radius 3 is 1.35 bits per heavy atom. The van der Waals surface area contributed by atoms with Gasteiger partial charge in [-0.05, 0) is 169 Å². The third kappa shape index (κ3) is 6.99. The van der Waals surface area contributed by atoms with E-state index >= 15 is 0 Å². The summed E-state index contributed by atoms with van der Waals surface area (Å²) in [5.41, 5.74) is 0. The zero-order valence-corrected chi connectivity index (χ0v) is 33.0. The summed E-state index contributed by atoms with van der Waals surface area (Å²) >= 11 is 0. The van der Waals surface area contributed by atoms with E-state index in [0.717, 1.165) is 65.3 Å². The summed E-state index contributed by atoms with van der Waals surface area (Å²) in [6.07, 6.45) is 48.4. The first-order chi connectivity index (χ1) is 25.3. The maximum Gasteiger partial charge on any atom is 0.0766 e. The first-order valence-corrected chi connectivity index (χ1v) is 24.4. The lowest BCUT2D eigenvalue weighted by molar-refractivity contribution is -0.104. The van der Waals surface area contributed by atoms with Crippen LogP contribution >= 0.6 is 0 Å². The molecule has 288 valence electrons. The van der Waals surface area contributed by atoms with Crippen molar-refractivity contribution in [3.63, 3.8) is 0 Å². The van der Waals surface area contributed by atoms with E-state index in [4.69, 9.17) is 9.47 Å². The lowest BCUT2D eigenvalue weighted by atomic mass is 9.64. The molecule has 0 aromatic carbocycles. The molecule has 51 heavy (non-hydrogen) atoms. The minimum atomic E-state index is 0.510. The zero-order valence-electron chi connectivity index (χ0n) is 33.0. The molecule has 0 aromatic heterocycles. The average Bonchev–Trinajstić information content (AvgIpc) is 3.78. The average molecular weight is 702 g/mol. The SMILES string of the molecule is C1CCC(C2CCC(C3CCC(N(C4CCC(C5CCCCC5)CC4)C4CCCC5C6CCC7OC8CCCCC8C7C6OC54)CC3)CC2)CC1. The highest BCUT2D eigenvalue weighted by Crippen LogP contribution is 2.58. The van der Waals surface area contributed by atoms with Crippen molar-refractivity contribution in [2.75, 3.05) is 0 Å². The standard InChI is InChI=1S/C48H79NO2/c1-3-10-32(11-4-1)34-18-20-35(21-19-34)37-24-28-39(29-25-37)49(38-26-22-36(23-27-38)33-12-5-2-6-13-33)43-16-9-15-40-41-30-31-45-46(48(41)51-47(40)43)42-14-7-8-17-44(42)50-45/h32-48H,1-31H2. The zero-order chi connectivity index (χ0) is 33.7. The van der Waals surface area contributed by atoms with Crippen LogP contribution in [-0.4, -0.2) is 47.4 Å². The van der Waals surface area contributed by atoms with Crippen LogP contribution in [0.3, 0.4) is 0 Å². The topological polar surface area (TPSA) is 21.7 Å². The second-order valence-electron chi connectivity index (χ2n) is 21.3. The molecule has 0 amide bonds. The molecule has 0 radical (unpaired) electrons. The van der Waals surface area contributed by atoms with E-state index in [1.807, 2.05) is 0 Å². The van der Waals surface area contributed by atoms with Crippen LogP contribution < -0.4 is 0 Å². The van der Waals surface area contributed by atoms with Crippen molar-refractivity contribution in [3.8, 4) is 0 Å². The summed E-state index contributed by atoms with van der Waals surface area (Å²) in [5, 5.41) is 0. The first-order valence-electron chi connectivity index (χ1n) is 24.4. The molecule has 8 saturated carbocycles. The Labute approximate surface area is 314 Å². The normalized spacial score (nSPS) is 49.9. The van der Waals surface area contributed by atoms with E-state index < -0.39 is 0 Å². The van der Waals surface area contributed by atoms with Crippen LogP contribution in [0.5, 0.6) is 0 Å². The number of hydrogen-bond acceptors (Lipinski definition) is 3. The number of fused-ring (bicyclic) bond motifs is 7. The lowest BCUT2D eigenvalue weighted by Gasteiger charge is -2.52. The van der Waals surface area contributed by atoms with E-state index in [1.54, 1.807) is 51.4 Å². The molecule has 9 atom stereocenters. The summed E-state index contributed by atoms with van der Waals surface area (Å²) in [4.78, 5) is 3.31. The van der Waals surface area contributed by atoms with Crippen molar-refractivity contribution in [3.05, 3.63) is 0 Å². The van der Waals surface area contributed by atoms with Crippen LogP contribution in [0, 0.1) is 59.2 Å². The number of nitrogens with zero attached hydrogens (tertiary/aromatic N) is 1. The smallest absolute Gasteiger partial charge is 0.0766 e. The third-order valence-corrected chi connectivity index (χ3v) is 19.1. The van der Waals surface area contributed by atoms with Gasteiger partial charge in [-0.15, -0.1) is 0 Å². The van der Waals surface area contributed by atoms with Gasteiger partial charge in [0, 0.05) is 24.0 Å². The maximum atomic E-state index is 7.68. The van der Waals surface area contributed by atoms with Gasteiger partial charge in [0.05, 0.1) is 24.4 Å². The highest BCUT2D eigenvalue weighted by Gasteiger charge is 2.61. The second kappa shape index (κ2) is 15.8. The molecule has 2 saturated heterocycles. The van der Waals surface area contributed by atoms with Gasteiger partial charge < -0.3 is 9.47 Å². The van der Waals surface area contributed by atoms with E-state index in [0.29, 0.717) is 36.4 Å². The van der Waals surface area contributed by atoms with Crippen LogP contribution in [0.1, 0.15) is 199 Å². The Morgan fingerprint density at radius 2 is 0.765 bits per heavy atom. The molecule has 2 aliphatic heterocycles. The highest BCUT2D eigenvalue weighted by atomic mass is 16.5. The van der Waals surface area contributed by atoms with Crippen molar-refractivity contribution >= 4 is 0 Å². The van der Waals surface area contributed by atoms with Crippen molar-refractivity contribution in [1.82, 2.24) is 4.90 Å². The third-order valence-electron chi connectivity index (χ3n) is 19.1. The number of rotatable bonds is 6. The first kappa shape index (κ1) is 35.3. The molecule has 9 unspecified atom stereocenters. The molecular formula is C48H79NO2. The van der Waals surface area contributed by atoms with Crippen molar-refractivity contribution < 1.29 is 9.47 Å². The van der Waals surface area contributed by atoms with Crippen LogP contribution in [-0.2, 0) is 9.47 Å². The molecule has 3 heteroatoms. The quantitative estimate of drug-likeness (QED) is 0.275. The van der Waals surface area contributed by atoms with E-state index in [2.05, 4.69) is 4.90 Å². The maximum absolute atomic E-state index is 7.68. The van der Waals surface area contributed by atoms with Crippen LogP contribution in [0.2, 0.25) is 0 Å². The summed E-state index contributed by atoms with van der Waals surface area (Å²) < 4.78 is 14.5. The van der Waals surface area contributed by atoms with Crippen molar-refractivity contribution in [2.45, 2.75) is 242 Å². The molecular weight excluding hydrogens is 623 g/mol. The van der Waals surface area contributed by atoms with Gasteiger partial charge in [0.15, 0.2) is 0 Å². The van der Waals surface area contributed by atoms with Gasteiger partial charge in [0.2, 0.25) is 0 Å². The fourth-order valence-corrected chi connectivity index (χ4v) is 16.7. The molecule has 0 N–H and O–H groups in total. The number of ether oxygens (including phenoxy) is 2. The Hall–Kier alpha value is -0.120. The van der Waals surface area contributed by atoms with Gasteiger partial charge in [-0.25, -0.2) is 0 Å². The fourth-order valence-electron chi connectivity index (χ4n) is 16.7. The summed E-state index contributed by atoms with van der Waals surface area (Å²) in [6, 6.07) is 2.36. The molecule has 10 fully saturated rings. The molecule has 0 aromatic rings. The fraction of sp³-hybridized carbons (Fsp3) is 1.00.